The molecule has 1 aromatic carbocycles. The minimum atomic E-state index is -4.36. The minimum absolute atomic E-state index is 0.0791. The van der Waals surface area contributed by atoms with E-state index in [1.165, 1.54) is 12.1 Å². The van der Waals surface area contributed by atoms with Gasteiger partial charge in [0, 0.05) is 32.1 Å². The molecule has 1 saturated heterocycles. The third kappa shape index (κ3) is 5.69. The minimum Gasteiger partial charge on any atom is -0.379 e. The molecule has 2 N–H and O–H groups in total. The van der Waals surface area contributed by atoms with Crippen LogP contribution >= 0.6 is 0 Å². The molecule has 0 aromatic heterocycles. The first-order chi connectivity index (χ1) is 12.3. The molecule has 2 unspecified atom stereocenters. The van der Waals surface area contributed by atoms with Crippen molar-refractivity contribution in [3.05, 3.63) is 35.4 Å². The maximum absolute atomic E-state index is 12.8. The first kappa shape index (κ1) is 20.7. The standard InChI is InChI=1S/C18H26F3N3O2/c1-13(11-22-2)17(25)23-12-16(24-7-9-26-10-8-24)14-3-5-15(6-4-14)18(19,20)21/h3-6,13,16,22H,7-12H2,1-2H3,(H,23,25). The molecule has 1 aliphatic heterocycles. The number of hydrogen-bond acceptors (Lipinski definition) is 4. The Morgan fingerprint density at radius 2 is 1.81 bits per heavy atom. The van der Waals surface area contributed by atoms with Crippen molar-refractivity contribution in [3.63, 3.8) is 0 Å². The van der Waals surface area contributed by atoms with Crippen LogP contribution in [0.4, 0.5) is 13.2 Å². The number of rotatable bonds is 7. The van der Waals surface area contributed by atoms with Gasteiger partial charge in [-0.25, -0.2) is 0 Å². The van der Waals surface area contributed by atoms with Crippen LogP contribution in [-0.4, -0.2) is 57.2 Å². The zero-order valence-electron chi connectivity index (χ0n) is 15.1. The molecule has 1 fully saturated rings. The largest absolute Gasteiger partial charge is 0.416 e. The predicted octanol–water partition coefficient (Wildman–Crippen LogP) is 2.05. The van der Waals surface area contributed by atoms with Crippen molar-refractivity contribution in [1.82, 2.24) is 15.5 Å². The number of nitrogens with one attached hydrogen (secondary N) is 2. The molecule has 146 valence electrons. The number of benzene rings is 1. The molecule has 1 aliphatic rings. The molecule has 0 bridgehead atoms. The number of amides is 1. The molecular weight excluding hydrogens is 347 g/mol. The van der Waals surface area contributed by atoms with E-state index < -0.39 is 11.7 Å². The van der Waals surface area contributed by atoms with Crippen LogP contribution in [0.15, 0.2) is 24.3 Å². The van der Waals surface area contributed by atoms with Crippen LogP contribution in [0.3, 0.4) is 0 Å². The summed E-state index contributed by atoms with van der Waals surface area (Å²) in [7, 11) is 1.78. The van der Waals surface area contributed by atoms with Gasteiger partial charge in [-0.2, -0.15) is 13.2 Å². The summed E-state index contributed by atoms with van der Waals surface area (Å²) in [4.78, 5) is 14.3. The van der Waals surface area contributed by atoms with Gasteiger partial charge in [0.25, 0.3) is 0 Å². The van der Waals surface area contributed by atoms with Gasteiger partial charge >= 0.3 is 6.18 Å². The lowest BCUT2D eigenvalue weighted by molar-refractivity contribution is -0.137. The Bertz CT molecular complexity index is 572. The SMILES string of the molecule is CNCC(C)C(=O)NCC(c1ccc(C(F)(F)F)cc1)N1CCOCC1. The average molecular weight is 373 g/mol. The summed E-state index contributed by atoms with van der Waals surface area (Å²) in [5, 5.41) is 5.88. The Kier molecular flexibility index (Phi) is 7.43. The van der Waals surface area contributed by atoms with Crippen molar-refractivity contribution in [2.45, 2.75) is 19.1 Å². The molecule has 1 heterocycles. The molecule has 2 atom stereocenters. The monoisotopic (exact) mass is 373 g/mol. The molecule has 5 nitrogen and oxygen atoms in total. The summed E-state index contributed by atoms with van der Waals surface area (Å²) >= 11 is 0. The number of carbonyl (C=O) groups excluding carboxylic acids is 1. The topological polar surface area (TPSA) is 53.6 Å². The fraction of sp³-hybridized carbons (Fsp3) is 0.611. The Balaban J connectivity index is 2.12. The van der Waals surface area contributed by atoms with Crippen molar-refractivity contribution < 1.29 is 22.7 Å². The van der Waals surface area contributed by atoms with Crippen LogP contribution in [0.5, 0.6) is 0 Å². The molecule has 0 saturated carbocycles. The maximum atomic E-state index is 12.8. The van der Waals surface area contributed by atoms with E-state index in [-0.39, 0.29) is 17.9 Å². The number of ether oxygens (including phenoxy) is 1. The zero-order chi connectivity index (χ0) is 19.2. The van der Waals surface area contributed by atoms with Crippen molar-refractivity contribution in [2.75, 3.05) is 46.4 Å². The summed E-state index contributed by atoms with van der Waals surface area (Å²) in [5.41, 5.74) is 0.0788. The maximum Gasteiger partial charge on any atom is 0.416 e. The fourth-order valence-corrected chi connectivity index (χ4v) is 3.01. The second kappa shape index (κ2) is 9.34. The Hall–Kier alpha value is -1.64. The lowest BCUT2D eigenvalue weighted by Gasteiger charge is -2.35. The first-order valence-electron chi connectivity index (χ1n) is 8.74. The normalized spacial score (nSPS) is 18.3. The van der Waals surface area contributed by atoms with Crippen LogP contribution in [0.1, 0.15) is 24.1 Å². The smallest absolute Gasteiger partial charge is 0.379 e. The fourth-order valence-electron chi connectivity index (χ4n) is 3.01. The number of alkyl halides is 3. The van der Waals surface area contributed by atoms with Gasteiger partial charge in [-0.3, -0.25) is 9.69 Å². The summed E-state index contributed by atoms with van der Waals surface area (Å²) in [6, 6.07) is 4.98. The lowest BCUT2D eigenvalue weighted by Crippen LogP contribution is -2.45. The van der Waals surface area contributed by atoms with Crippen LogP contribution in [-0.2, 0) is 15.7 Å². The van der Waals surface area contributed by atoms with Gasteiger partial charge in [-0.15, -0.1) is 0 Å². The molecule has 8 heteroatoms. The molecule has 26 heavy (non-hydrogen) atoms. The van der Waals surface area contributed by atoms with Gasteiger partial charge in [0.2, 0.25) is 5.91 Å². The molecule has 1 aromatic rings. The van der Waals surface area contributed by atoms with Gasteiger partial charge in [0.05, 0.1) is 24.8 Å². The number of morpholine rings is 1. The quantitative estimate of drug-likeness (QED) is 0.768. The Labute approximate surface area is 151 Å². The molecule has 0 aliphatic carbocycles. The van der Waals surface area contributed by atoms with E-state index in [1.807, 2.05) is 6.92 Å². The van der Waals surface area contributed by atoms with E-state index in [9.17, 15) is 18.0 Å². The van der Waals surface area contributed by atoms with E-state index in [0.717, 1.165) is 17.7 Å². The average Bonchev–Trinajstić information content (AvgIpc) is 2.62. The van der Waals surface area contributed by atoms with Gasteiger partial charge < -0.3 is 15.4 Å². The third-order valence-electron chi connectivity index (χ3n) is 4.54. The summed E-state index contributed by atoms with van der Waals surface area (Å²) in [6.07, 6.45) is -4.36. The van der Waals surface area contributed by atoms with E-state index >= 15 is 0 Å². The number of carbonyl (C=O) groups is 1. The molecule has 0 radical (unpaired) electrons. The summed E-state index contributed by atoms with van der Waals surface area (Å²) in [6.45, 7) is 5.23. The van der Waals surface area contributed by atoms with E-state index in [1.54, 1.807) is 7.05 Å². The second-order valence-electron chi connectivity index (χ2n) is 6.49. The van der Waals surface area contributed by atoms with Crippen molar-refractivity contribution >= 4 is 5.91 Å². The van der Waals surface area contributed by atoms with Crippen LogP contribution in [0.2, 0.25) is 0 Å². The lowest BCUT2D eigenvalue weighted by atomic mass is 10.0. The highest BCUT2D eigenvalue weighted by atomic mass is 19.4. The van der Waals surface area contributed by atoms with Gasteiger partial charge in [0.1, 0.15) is 0 Å². The Morgan fingerprint density at radius 3 is 2.35 bits per heavy atom. The van der Waals surface area contributed by atoms with E-state index in [2.05, 4.69) is 15.5 Å². The van der Waals surface area contributed by atoms with Crippen molar-refractivity contribution in [2.24, 2.45) is 5.92 Å². The molecular formula is C18H26F3N3O2. The van der Waals surface area contributed by atoms with Crippen LogP contribution < -0.4 is 10.6 Å². The number of hydrogen-bond donors (Lipinski definition) is 2. The highest BCUT2D eigenvalue weighted by molar-refractivity contribution is 5.78. The van der Waals surface area contributed by atoms with Crippen molar-refractivity contribution in [1.29, 1.82) is 0 Å². The summed E-state index contributed by atoms with van der Waals surface area (Å²) < 4.78 is 43.8. The highest BCUT2D eigenvalue weighted by Crippen LogP contribution is 2.31. The molecule has 0 spiro atoms. The predicted molar refractivity (Wildman–Crippen MR) is 92.7 cm³/mol. The second-order valence-corrected chi connectivity index (χ2v) is 6.49. The molecule has 1 amide bonds. The van der Waals surface area contributed by atoms with Crippen LogP contribution in [0.25, 0.3) is 0 Å². The number of halogens is 3. The molecule has 2 rings (SSSR count). The van der Waals surface area contributed by atoms with E-state index in [0.29, 0.717) is 39.4 Å². The zero-order valence-corrected chi connectivity index (χ0v) is 15.1. The van der Waals surface area contributed by atoms with Crippen LogP contribution in [0, 0.1) is 5.92 Å². The number of nitrogens with zero attached hydrogens (tertiary/aromatic N) is 1. The van der Waals surface area contributed by atoms with Crippen molar-refractivity contribution in [3.8, 4) is 0 Å². The van der Waals surface area contributed by atoms with E-state index in [4.69, 9.17) is 4.74 Å². The van der Waals surface area contributed by atoms with Gasteiger partial charge in [-0.1, -0.05) is 19.1 Å². The third-order valence-corrected chi connectivity index (χ3v) is 4.54. The van der Waals surface area contributed by atoms with Gasteiger partial charge in [0.15, 0.2) is 0 Å². The Morgan fingerprint density at radius 1 is 1.19 bits per heavy atom. The highest BCUT2D eigenvalue weighted by Gasteiger charge is 2.31. The first-order valence-corrected chi connectivity index (χ1v) is 8.74. The summed E-state index contributed by atoms with van der Waals surface area (Å²) in [5.74, 6) is -0.262. The van der Waals surface area contributed by atoms with Gasteiger partial charge in [-0.05, 0) is 24.7 Å².